The normalized spacial score (nSPS) is 23.3. The first-order chi connectivity index (χ1) is 16.5. The molecule has 0 saturated heterocycles. The Kier molecular flexibility index (Phi) is 6.70. The molecule has 2 N–H and O–H groups in total. The van der Waals surface area contributed by atoms with Crippen molar-refractivity contribution in [3.63, 3.8) is 0 Å². The summed E-state index contributed by atoms with van der Waals surface area (Å²) >= 11 is 0. The van der Waals surface area contributed by atoms with Crippen LogP contribution in [-0.4, -0.2) is 41.7 Å². The molecule has 2 heterocycles. The Balaban J connectivity index is 1.56. The number of hydrogen-bond acceptors (Lipinski definition) is 5. The van der Waals surface area contributed by atoms with Crippen molar-refractivity contribution in [2.24, 2.45) is 5.92 Å². The van der Waals surface area contributed by atoms with E-state index in [2.05, 4.69) is 35.2 Å². The van der Waals surface area contributed by atoms with Crippen molar-refractivity contribution in [1.29, 1.82) is 0 Å². The molecule has 0 radical (unpaired) electrons. The topological polar surface area (TPSA) is 83.7 Å². The molecule has 0 bridgehead atoms. The molecule has 1 aromatic carbocycles. The van der Waals surface area contributed by atoms with Gasteiger partial charge < -0.3 is 24.7 Å². The molecule has 1 aromatic heterocycles. The van der Waals surface area contributed by atoms with Gasteiger partial charge in [0.05, 0.1) is 5.56 Å². The molecule has 4 rings (SSSR count). The number of aromatic nitrogens is 1. The first-order valence-corrected chi connectivity index (χ1v) is 12.2. The Labute approximate surface area is 207 Å². The first-order valence-electron chi connectivity index (χ1n) is 12.2. The lowest BCUT2D eigenvalue weighted by atomic mass is 9.81. The lowest BCUT2D eigenvalue weighted by Crippen LogP contribution is -2.46. The maximum Gasteiger partial charge on any atom is 0.253 e. The number of amides is 1. The summed E-state index contributed by atoms with van der Waals surface area (Å²) < 4.78 is 12.8. The van der Waals surface area contributed by atoms with E-state index in [1.165, 1.54) is 0 Å². The van der Waals surface area contributed by atoms with E-state index in [4.69, 9.17) is 15.9 Å². The van der Waals surface area contributed by atoms with Crippen LogP contribution in [0.4, 0.5) is 0 Å². The van der Waals surface area contributed by atoms with Crippen molar-refractivity contribution in [3.05, 3.63) is 56.0 Å². The minimum atomic E-state index is -0.822. The predicted octanol–water partition coefficient (Wildman–Crippen LogP) is 3.82. The molecule has 186 valence electrons. The molecule has 7 nitrogen and oxygen atoms in total. The average molecular weight is 478 g/mol. The molecule has 1 atom stereocenters. The van der Waals surface area contributed by atoms with Crippen LogP contribution >= 0.6 is 0 Å². The number of aryl methyl sites for hydroxylation is 2. The number of carbonyl (C=O) groups is 1. The molecule has 1 fully saturated rings. The third-order valence-corrected chi connectivity index (χ3v) is 7.58. The minimum Gasteiger partial charge on any atom is -0.448 e. The monoisotopic (exact) mass is 477 g/mol. The smallest absolute Gasteiger partial charge is 0.253 e. The van der Waals surface area contributed by atoms with Crippen LogP contribution < -0.4 is 20.3 Å². The Bertz CT molecular complexity index is 1250. The van der Waals surface area contributed by atoms with Gasteiger partial charge in [0.25, 0.3) is 17.3 Å². The molecule has 35 heavy (non-hydrogen) atoms. The fourth-order valence-corrected chi connectivity index (χ4v) is 5.37. The Hall–Kier alpha value is -3.24. The van der Waals surface area contributed by atoms with Gasteiger partial charge in [0.2, 0.25) is 0 Å². The highest BCUT2D eigenvalue weighted by Gasteiger charge is 2.47. The zero-order chi connectivity index (χ0) is 25.5. The second kappa shape index (κ2) is 9.43. The fourth-order valence-electron chi connectivity index (χ4n) is 5.37. The lowest BCUT2D eigenvalue weighted by Gasteiger charge is -2.39. The van der Waals surface area contributed by atoms with Crippen LogP contribution in [0, 0.1) is 39.0 Å². The lowest BCUT2D eigenvalue weighted by molar-refractivity contribution is -0.123. The van der Waals surface area contributed by atoms with Gasteiger partial charge >= 0.3 is 0 Å². The van der Waals surface area contributed by atoms with Gasteiger partial charge in [0, 0.05) is 47.8 Å². The summed E-state index contributed by atoms with van der Waals surface area (Å²) in [6.45, 7) is 7.62. The van der Waals surface area contributed by atoms with Crippen LogP contribution in [0.3, 0.4) is 0 Å². The molecule has 1 aliphatic carbocycles. The highest BCUT2D eigenvalue weighted by molar-refractivity contribution is 5.97. The first kappa shape index (κ1) is 24.9. The molecule has 1 unspecified atom stereocenters. The van der Waals surface area contributed by atoms with Gasteiger partial charge in [0.15, 0.2) is 11.5 Å². The van der Waals surface area contributed by atoms with Crippen molar-refractivity contribution >= 4 is 5.91 Å². The number of nitrogens with one attached hydrogen (secondary N) is 2. The van der Waals surface area contributed by atoms with Crippen molar-refractivity contribution in [2.75, 3.05) is 14.1 Å². The predicted molar refractivity (Wildman–Crippen MR) is 136 cm³/mol. The highest BCUT2D eigenvalue weighted by Crippen LogP contribution is 2.50. The van der Waals surface area contributed by atoms with Gasteiger partial charge in [-0.3, -0.25) is 9.59 Å². The van der Waals surface area contributed by atoms with Gasteiger partial charge in [-0.2, -0.15) is 0 Å². The number of carbonyl (C=O) groups excluding carboxylic acids is 1. The van der Waals surface area contributed by atoms with Crippen molar-refractivity contribution < 1.29 is 14.3 Å². The molecular formula is C28H35N3O4. The van der Waals surface area contributed by atoms with Crippen LogP contribution in [0.15, 0.2) is 16.9 Å². The van der Waals surface area contributed by atoms with E-state index in [1.807, 2.05) is 33.8 Å². The van der Waals surface area contributed by atoms with Gasteiger partial charge in [-0.15, -0.1) is 6.42 Å². The van der Waals surface area contributed by atoms with Gasteiger partial charge in [-0.25, -0.2) is 0 Å². The SMILES string of the molecule is C#Cc1cc(C(=O)NCc2c(C)cc(C)[nH]c2=O)c(C)c2c1OC(C)(C1CCC(N(C)C)CC1)O2. The number of terminal acetylenes is 1. The highest BCUT2D eigenvalue weighted by atomic mass is 16.7. The summed E-state index contributed by atoms with van der Waals surface area (Å²) in [5, 5.41) is 2.87. The Morgan fingerprint density at radius 2 is 1.83 bits per heavy atom. The van der Waals surface area contributed by atoms with E-state index in [-0.39, 0.29) is 23.9 Å². The van der Waals surface area contributed by atoms with Gasteiger partial charge in [-0.05, 0) is 78.2 Å². The number of pyridine rings is 1. The van der Waals surface area contributed by atoms with Crippen LogP contribution in [-0.2, 0) is 6.54 Å². The number of nitrogens with zero attached hydrogens (tertiary/aromatic N) is 1. The van der Waals surface area contributed by atoms with Gasteiger partial charge in [0.1, 0.15) is 0 Å². The van der Waals surface area contributed by atoms with Crippen LogP contribution in [0.5, 0.6) is 11.5 Å². The van der Waals surface area contributed by atoms with Crippen molar-refractivity contribution in [2.45, 2.75) is 71.8 Å². The summed E-state index contributed by atoms with van der Waals surface area (Å²) in [5.74, 6) is 2.82. The van der Waals surface area contributed by atoms with E-state index in [9.17, 15) is 9.59 Å². The molecule has 0 spiro atoms. The van der Waals surface area contributed by atoms with Crippen LogP contribution in [0.1, 0.15) is 70.9 Å². The second-order valence-corrected chi connectivity index (χ2v) is 10.2. The Morgan fingerprint density at radius 1 is 1.17 bits per heavy atom. The van der Waals surface area contributed by atoms with E-state index < -0.39 is 5.79 Å². The molecular weight excluding hydrogens is 442 g/mol. The summed E-state index contributed by atoms with van der Waals surface area (Å²) in [6, 6.07) is 4.13. The molecule has 7 heteroatoms. The number of rotatable bonds is 5. The van der Waals surface area contributed by atoms with Crippen LogP contribution in [0.2, 0.25) is 0 Å². The summed E-state index contributed by atoms with van der Waals surface area (Å²) in [5.41, 5.74) is 3.53. The zero-order valence-corrected chi connectivity index (χ0v) is 21.5. The van der Waals surface area contributed by atoms with E-state index in [1.54, 1.807) is 6.07 Å². The van der Waals surface area contributed by atoms with E-state index in [0.29, 0.717) is 39.8 Å². The molecule has 1 aliphatic heterocycles. The molecule has 2 aromatic rings. The summed E-state index contributed by atoms with van der Waals surface area (Å²) in [7, 11) is 4.24. The maximum atomic E-state index is 13.2. The quantitative estimate of drug-likeness (QED) is 0.640. The third-order valence-electron chi connectivity index (χ3n) is 7.58. The molecule has 1 saturated carbocycles. The molecule has 2 aliphatic rings. The number of ether oxygens (including phenoxy) is 2. The maximum absolute atomic E-state index is 13.2. The molecule has 1 amide bonds. The van der Waals surface area contributed by atoms with E-state index in [0.717, 1.165) is 36.9 Å². The number of H-pyrrole nitrogens is 1. The average Bonchev–Trinajstić information content (AvgIpc) is 3.18. The van der Waals surface area contributed by atoms with Crippen LogP contribution in [0.25, 0.3) is 0 Å². The fraction of sp³-hybridized carbons (Fsp3) is 0.500. The zero-order valence-electron chi connectivity index (χ0n) is 21.5. The second-order valence-electron chi connectivity index (χ2n) is 10.2. The largest absolute Gasteiger partial charge is 0.448 e. The number of benzene rings is 1. The summed E-state index contributed by atoms with van der Waals surface area (Å²) in [6.07, 6.45) is 9.97. The van der Waals surface area contributed by atoms with E-state index >= 15 is 0 Å². The summed E-state index contributed by atoms with van der Waals surface area (Å²) in [4.78, 5) is 30.6. The number of aromatic amines is 1. The number of fused-ring (bicyclic) bond motifs is 1. The third kappa shape index (κ3) is 4.68. The Morgan fingerprint density at radius 3 is 2.43 bits per heavy atom. The van der Waals surface area contributed by atoms with Gasteiger partial charge in [-0.1, -0.05) is 5.92 Å². The van der Waals surface area contributed by atoms with Crippen molar-refractivity contribution in [3.8, 4) is 23.8 Å². The van der Waals surface area contributed by atoms with Crippen molar-refractivity contribution in [1.82, 2.24) is 15.2 Å². The number of hydrogen-bond donors (Lipinski definition) is 2. The standard InChI is InChI=1S/C28H35N3O4/c1-8-19-14-22(26(32)29-15-23-16(2)13-17(3)30-27(23)33)18(4)24-25(19)35-28(5,34-24)20-9-11-21(12-10-20)31(6)7/h1,13-14,20-21H,9-12,15H2,2-7H3,(H,29,32)(H,30,33). The minimum absolute atomic E-state index is 0.117.